The molecule has 2 aliphatic heterocycles. The van der Waals surface area contributed by atoms with Crippen molar-refractivity contribution in [2.45, 2.75) is 13.3 Å². The van der Waals surface area contributed by atoms with E-state index < -0.39 is 11.8 Å². The second kappa shape index (κ2) is 11.5. The van der Waals surface area contributed by atoms with Crippen LogP contribution in [-0.2, 0) is 6.42 Å². The van der Waals surface area contributed by atoms with Crippen LogP contribution in [0.15, 0.2) is 109 Å². The molecule has 5 aromatic carbocycles. The van der Waals surface area contributed by atoms with Gasteiger partial charge in [0.25, 0.3) is 23.6 Å². The summed E-state index contributed by atoms with van der Waals surface area (Å²) in [6, 6.07) is 31.9. The number of carbonyl (C=O) groups excluding carboxylic acids is 5. The zero-order valence-electron chi connectivity index (χ0n) is 25.5. The van der Waals surface area contributed by atoms with E-state index in [4.69, 9.17) is 0 Å². The number of benzene rings is 5. The lowest BCUT2D eigenvalue weighted by molar-refractivity contribution is 0.0691. The van der Waals surface area contributed by atoms with Crippen LogP contribution in [0.3, 0.4) is 0 Å². The van der Waals surface area contributed by atoms with E-state index >= 15 is 0 Å². The molecule has 0 radical (unpaired) electrons. The number of ketones is 1. The molecule has 0 N–H and O–H groups in total. The number of aryl methyl sites for hydroxylation is 1. The normalized spacial score (nSPS) is 13.4. The second-order valence-corrected chi connectivity index (χ2v) is 11.6. The molecule has 0 spiro atoms. The number of hydrogen-bond acceptors (Lipinski definition) is 5. The molecule has 7 rings (SSSR count). The molecule has 0 saturated heterocycles. The van der Waals surface area contributed by atoms with Crippen LogP contribution in [0.25, 0.3) is 0 Å². The summed E-state index contributed by atoms with van der Waals surface area (Å²) in [5.41, 5.74) is 6.36. The van der Waals surface area contributed by atoms with Gasteiger partial charge in [-0.05, 0) is 109 Å². The van der Waals surface area contributed by atoms with Gasteiger partial charge in [-0.3, -0.25) is 28.9 Å². The third-order valence-electron chi connectivity index (χ3n) is 8.37. The maximum absolute atomic E-state index is 13.7. The lowest BCUT2D eigenvalue weighted by Gasteiger charge is -2.16. The average molecular weight is 615 g/mol. The largest absolute Gasteiger partial charge is 0.289 e. The molecule has 0 bridgehead atoms. The minimum atomic E-state index is -0.478. The van der Waals surface area contributed by atoms with Crippen molar-refractivity contribution in [3.63, 3.8) is 0 Å². The highest BCUT2D eigenvalue weighted by molar-refractivity contribution is 6.34. The van der Waals surface area contributed by atoms with Gasteiger partial charge in [0.1, 0.15) is 0 Å². The summed E-state index contributed by atoms with van der Waals surface area (Å²) in [5.74, 6) is 4.34. The molecule has 4 amide bonds. The van der Waals surface area contributed by atoms with Crippen molar-refractivity contribution in [3.8, 4) is 11.8 Å². The molecule has 0 aromatic heterocycles. The lowest BCUT2D eigenvalue weighted by atomic mass is 9.98. The van der Waals surface area contributed by atoms with Gasteiger partial charge >= 0.3 is 0 Å². The van der Waals surface area contributed by atoms with Crippen LogP contribution < -0.4 is 4.90 Å². The summed E-state index contributed by atoms with van der Waals surface area (Å²) in [7, 11) is 1.45. The van der Waals surface area contributed by atoms with Crippen LogP contribution in [0.4, 0.5) is 5.69 Å². The Morgan fingerprint density at radius 1 is 0.574 bits per heavy atom. The summed E-state index contributed by atoms with van der Waals surface area (Å²) >= 11 is 0. The van der Waals surface area contributed by atoms with E-state index in [0.717, 1.165) is 37.6 Å². The van der Waals surface area contributed by atoms with Crippen LogP contribution in [0.1, 0.15) is 85.2 Å². The van der Waals surface area contributed by atoms with Crippen LogP contribution in [-0.4, -0.2) is 41.4 Å². The Hall–Kier alpha value is -6.39. The topological polar surface area (TPSA) is 91.8 Å². The highest BCUT2D eigenvalue weighted by Crippen LogP contribution is 2.32. The monoisotopic (exact) mass is 614 g/mol. The molecular weight excluding hydrogens is 588 g/mol. The molecule has 226 valence electrons. The van der Waals surface area contributed by atoms with Crippen molar-refractivity contribution in [1.82, 2.24) is 4.90 Å². The molecule has 0 fully saturated rings. The maximum atomic E-state index is 13.7. The first-order valence-electron chi connectivity index (χ1n) is 15.0. The Bertz CT molecular complexity index is 2240. The minimum Gasteiger partial charge on any atom is -0.289 e. The molecule has 5 aromatic rings. The molecule has 2 heterocycles. The third-order valence-corrected chi connectivity index (χ3v) is 8.37. The van der Waals surface area contributed by atoms with Crippen LogP contribution in [0, 0.1) is 18.8 Å². The third kappa shape index (κ3) is 5.32. The van der Waals surface area contributed by atoms with Gasteiger partial charge in [-0.25, -0.2) is 4.90 Å². The average Bonchev–Trinajstić information content (AvgIpc) is 3.46. The van der Waals surface area contributed by atoms with Crippen molar-refractivity contribution in [2.24, 2.45) is 0 Å². The minimum absolute atomic E-state index is 0.239. The predicted octanol–water partition coefficient (Wildman–Crippen LogP) is 6.24. The molecule has 7 nitrogen and oxygen atoms in total. The van der Waals surface area contributed by atoms with Gasteiger partial charge in [-0.15, -0.1) is 0 Å². The number of anilines is 1. The number of fused-ring (bicyclic) bond motifs is 2. The van der Waals surface area contributed by atoms with Crippen molar-refractivity contribution < 1.29 is 24.0 Å². The Balaban J connectivity index is 1.12. The lowest BCUT2D eigenvalue weighted by Crippen LogP contribution is -2.29. The first-order valence-corrected chi connectivity index (χ1v) is 15.0. The van der Waals surface area contributed by atoms with Crippen LogP contribution >= 0.6 is 0 Å². The molecule has 0 unspecified atom stereocenters. The highest BCUT2D eigenvalue weighted by atomic mass is 16.2. The first kappa shape index (κ1) is 29.3. The van der Waals surface area contributed by atoms with E-state index in [9.17, 15) is 24.0 Å². The number of nitrogens with zero attached hydrogens (tertiary/aromatic N) is 2. The zero-order chi connectivity index (χ0) is 32.8. The molecule has 0 atom stereocenters. The fourth-order valence-corrected chi connectivity index (χ4v) is 5.95. The molecule has 0 aliphatic carbocycles. The number of carbonyl (C=O) groups is 5. The Labute approximate surface area is 271 Å². The zero-order valence-corrected chi connectivity index (χ0v) is 25.5. The Morgan fingerprint density at radius 3 is 1.79 bits per heavy atom. The van der Waals surface area contributed by atoms with E-state index in [1.165, 1.54) is 7.05 Å². The molecule has 0 saturated carbocycles. The summed E-state index contributed by atoms with van der Waals surface area (Å²) in [4.78, 5) is 67.6. The smallest absolute Gasteiger partial charge is 0.266 e. The van der Waals surface area contributed by atoms with E-state index in [-0.39, 0.29) is 28.7 Å². The summed E-state index contributed by atoms with van der Waals surface area (Å²) in [6.07, 6.45) is 0.396. The quantitative estimate of drug-likeness (QED) is 0.133. The van der Waals surface area contributed by atoms with E-state index in [0.29, 0.717) is 34.4 Å². The number of rotatable bonds is 5. The Morgan fingerprint density at radius 2 is 1.13 bits per heavy atom. The van der Waals surface area contributed by atoms with Gasteiger partial charge in [0.15, 0.2) is 5.78 Å². The standard InChI is InChI=1S/C40H26N2O5/c1-24-18-30(36(43)29-14-10-26(11-15-29)9-8-25-6-4-3-5-7-25)23-31(19-24)42-39(46)33-17-13-28(22-35(33)40(42)47)20-27-12-16-32-34(21-27)38(45)41(2)37(32)44/h3-7,10-19,21-23H,20H2,1-2H3. The molecular formula is C40H26N2O5. The van der Waals surface area contributed by atoms with Crippen molar-refractivity contribution in [3.05, 3.63) is 170 Å². The molecule has 7 heteroatoms. The molecule has 2 aliphatic rings. The van der Waals surface area contributed by atoms with Gasteiger partial charge in [0, 0.05) is 29.3 Å². The summed E-state index contributed by atoms with van der Waals surface area (Å²) < 4.78 is 0. The van der Waals surface area contributed by atoms with E-state index in [1.54, 1.807) is 78.9 Å². The van der Waals surface area contributed by atoms with Gasteiger partial charge in [0.2, 0.25) is 0 Å². The highest BCUT2D eigenvalue weighted by Gasteiger charge is 2.37. The Kier molecular flexibility index (Phi) is 7.19. The second-order valence-electron chi connectivity index (χ2n) is 11.6. The number of amides is 4. The van der Waals surface area contributed by atoms with Crippen molar-refractivity contribution in [2.75, 3.05) is 11.9 Å². The van der Waals surface area contributed by atoms with Crippen molar-refractivity contribution >= 4 is 35.1 Å². The van der Waals surface area contributed by atoms with Gasteiger partial charge in [0.05, 0.1) is 27.9 Å². The fraction of sp³-hybridized carbons (Fsp3) is 0.0750. The van der Waals surface area contributed by atoms with Gasteiger partial charge in [-0.1, -0.05) is 42.2 Å². The van der Waals surface area contributed by atoms with Gasteiger partial charge < -0.3 is 0 Å². The first-order chi connectivity index (χ1) is 22.7. The number of imide groups is 2. The molecule has 47 heavy (non-hydrogen) atoms. The van der Waals surface area contributed by atoms with Crippen LogP contribution in [0.2, 0.25) is 0 Å². The van der Waals surface area contributed by atoms with Crippen molar-refractivity contribution in [1.29, 1.82) is 0 Å². The SMILES string of the molecule is Cc1cc(C(=O)c2ccc(C#Cc3ccccc3)cc2)cc(N2C(=O)c3ccc(Cc4ccc5c(c4)C(=O)N(C)C5=O)cc3C2=O)c1. The summed E-state index contributed by atoms with van der Waals surface area (Å²) in [6.45, 7) is 1.81. The van der Waals surface area contributed by atoms with E-state index in [1.807, 2.05) is 37.3 Å². The van der Waals surface area contributed by atoms with Crippen LogP contribution in [0.5, 0.6) is 0 Å². The van der Waals surface area contributed by atoms with E-state index in [2.05, 4.69) is 11.8 Å². The van der Waals surface area contributed by atoms with Gasteiger partial charge in [-0.2, -0.15) is 0 Å². The summed E-state index contributed by atoms with van der Waals surface area (Å²) in [5, 5.41) is 0. The maximum Gasteiger partial charge on any atom is 0.266 e. The number of hydrogen-bond donors (Lipinski definition) is 0. The fourth-order valence-electron chi connectivity index (χ4n) is 5.95. The predicted molar refractivity (Wildman–Crippen MR) is 177 cm³/mol.